The Morgan fingerprint density at radius 3 is 1.83 bits per heavy atom. The first-order valence-corrected chi connectivity index (χ1v) is 6.10. The first-order valence-electron chi connectivity index (χ1n) is 6.10. The summed E-state index contributed by atoms with van der Waals surface area (Å²) in [6, 6.07) is 7.40. The van der Waals surface area contributed by atoms with E-state index in [2.05, 4.69) is 0 Å². The van der Waals surface area contributed by atoms with E-state index in [0.29, 0.717) is 0 Å². The Balaban J connectivity index is 3.14. The zero-order valence-corrected chi connectivity index (χ0v) is 11.7. The van der Waals surface area contributed by atoms with Gasteiger partial charge in [-0.2, -0.15) is 13.2 Å². The van der Waals surface area contributed by atoms with Crippen molar-refractivity contribution in [2.45, 2.75) is 52.6 Å². The van der Waals surface area contributed by atoms with Crippen LogP contribution in [0.5, 0.6) is 0 Å². The highest BCUT2D eigenvalue weighted by atomic mass is 19.4. The minimum Gasteiger partial charge on any atom is -0.171 e. The average molecular weight is 258 g/mol. The third-order valence-electron chi connectivity index (χ3n) is 3.23. The summed E-state index contributed by atoms with van der Waals surface area (Å²) < 4.78 is 38.8. The third kappa shape index (κ3) is 3.27. The average Bonchev–Trinajstić information content (AvgIpc) is 2.14. The van der Waals surface area contributed by atoms with Gasteiger partial charge >= 0.3 is 6.18 Å². The van der Waals surface area contributed by atoms with E-state index in [1.165, 1.54) is 13.8 Å². The van der Waals surface area contributed by atoms with Crippen LogP contribution in [0.4, 0.5) is 13.2 Å². The fraction of sp³-hybridized carbons (Fsp3) is 0.600. The van der Waals surface area contributed by atoms with Crippen LogP contribution < -0.4 is 0 Å². The van der Waals surface area contributed by atoms with Gasteiger partial charge in [0, 0.05) is 0 Å². The SMILES string of the molecule is CC(C)(C)c1ccccc1CC(C)(C)C(F)(F)F. The van der Waals surface area contributed by atoms with Crippen LogP contribution in [0.2, 0.25) is 0 Å². The molecule has 0 aromatic heterocycles. The normalized spacial score (nSPS) is 13.8. The van der Waals surface area contributed by atoms with Crippen LogP contribution in [-0.4, -0.2) is 6.18 Å². The third-order valence-corrected chi connectivity index (χ3v) is 3.23. The Hall–Kier alpha value is -0.990. The van der Waals surface area contributed by atoms with Crippen molar-refractivity contribution in [3.8, 4) is 0 Å². The molecule has 0 spiro atoms. The molecule has 18 heavy (non-hydrogen) atoms. The smallest absolute Gasteiger partial charge is 0.171 e. The maximum Gasteiger partial charge on any atom is 0.394 e. The zero-order valence-electron chi connectivity index (χ0n) is 11.7. The van der Waals surface area contributed by atoms with Crippen molar-refractivity contribution < 1.29 is 13.2 Å². The van der Waals surface area contributed by atoms with Crippen molar-refractivity contribution >= 4 is 0 Å². The summed E-state index contributed by atoms with van der Waals surface area (Å²) in [5, 5.41) is 0. The molecule has 0 aliphatic rings. The lowest BCUT2D eigenvalue weighted by atomic mass is 9.77. The molecule has 0 fully saturated rings. The molecule has 0 aliphatic carbocycles. The molecule has 0 N–H and O–H groups in total. The van der Waals surface area contributed by atoms with E-state index in [1.54, 1.807) is 12.1 Å². The minimum absolute atomic E-state index is 0.0178. The van der Waals surface area contributed by atoms with E-state index in [9.17, 15) is 13.2 Å². The summed E-state index contributed by atoms with van der Waals surface area (Å²) in [6.07, 6.45) is -4.16. The van der Waals surface area contributed by atoms with Crippen molar-refractivity contribution in [3.63, 3.8) is 0 Å². The second-order valence-corrected chi connectivity index (χ2v) is 6.47. The zero-order chi connectivity index (χ0) is 14.2. The van der Waals surface area contributed by atoms with Gasteiger partial charge in [-0.15, -0.1) is 0 Å². The summed E-state index contributed by atoms with van der Waals surface area (Å²) in [6.45, 7) is 8.57. The van der Waals surface area contributed by atoms with Gasteiger partial charge in [-0.3, -0.25) is 0 Å². The molecule has 1 aromatic carbocycles. The number of benzene rings is 1. The van der Waals surface area contributed by atoms with Crippen LogP contribution in [0, 0.1) is 5.41 Å². The highest BCUT2D eigenvalue weighted by Gasteiger charge is 2.47. The predicted octanol–water partition coefficient (Wildman–Crippen LogP) is 5.12. The highest BCUT2D eigenvalue weighted by molar-refractivity contribution is 5.33. The van der Waals surface area contributed by atoms with E-state index < -0.39 is 11.6 Å². The van der Waals surface area contributed by atoms with Gasteiger partial charge in [-0.25, -0.2) is 0 Å². The van der Waals surface area contributed by atoms with E-state index in [0.717, 1.165) is 11.1 Å². The van der Waals surface area contributed by atoms with Crippen LogP contribution >= 0.6 is 0 Å². The Bertz CT molecular complexity index is 408. The molecular weight excluding hydrogens is 237 g/mol. The van der Waals surface area contributed by atoms with E-state index in [4.69, 9.17) is 0 Å². The molecule has 3 heteroatoms. The van der Waals surface area contributed by atoms with Crippen LogP contribution in [0.15, 0.2) is 24.3 Å². The van der Waals surface area contributed by atoms with Gasteiger partial charge in [0.05, 0.1) is 5.41 Å². The molecule has 0 amide bonds. The second-order valence-electron chi connectivity index (χ2n) is 6.47. The molecule has 0 nitrogen and oxygen atoms in total. The molecular formula is C15H21F3. The van der Waals surface area contributed by atoms with Crippen molar-refractivity contribution in [2.24, 2.45) is 5.41 Å². The summed E-state index contributed by atoms with van der Waals surface area (Å²) in [4.78, 5) is 0. The van der Waals surface area contributed by atoms with Gasteiger partial charge in [0.2, 0.25) is 0 Å². The van der Waals surface area contributed by atoms with Gasteiger partial charge in [-0.05, 0) is 23.0 Å². The molecule has 0 atom stereocenters. The van der Waals surface area contributed by atoms with E-state index in [-0.39, 0.29) is 11.8 Å². The van der Waals surface area contributed by atoms with E-state index >= 15 is 0 Å². The molecule has 0 unspecified atom stereocenters. The first-order chi connectivity index (χ1) is 7.95. The predicted molar refractivity (Wildman–Crippen MR) is 68.7 cm³/mol. The van der Waals surface area contributed by atoms with Gasteiger partial charge in [-0.1, -0.05) is 58.9 Å². The minimum atomic E-state index is -4.18. The van der Waals surface area contributed by atoms with Gasteiger partial charge in [0.15, 0.2) is 0 Å². The lowest BCUT2D eigenvalue weighted by Gasteiger charge is -2.31. The number of alkyl halides is 3. The fourth-order valence-corrected chi connectivity index (χ4v) is 1.98. The molecule has 0 saturated carbocycles. The molecule has 102 valence electrons. The maximum atomic E-state index is 12.9. The Morgan fingerprint density at radius 1 is 0.889 bits per heavy atom. The van der Waals surface area contributed by atoms with Crippen molar-refractivity contribution in [3.05, 3.63) is 35.4 Å². The number of rotatable bonds is 2. The fourth-order valence-electron chi connectivity index (χ4n) is 1.98. The maximum absolute atomic E-state index is 12.9. The monoisotopic (exact) mass is 258 g/mol. The second kappa shape index (κ2) is 4.60. The first kappa shape index (κ1) is 15.1. The molecule has 0 aliphatic heterocycles. The summed E-state index contributed by atoms with van der Waals surface area (Å²) in [5.41, 5.74) is -0.0678. The molecule has 0 bridgehead atoms. The van der Waals surface area contributed by atoms with E-state index in [1.807, 2.05) is 32.9 Å². The van der Waals surface area contributed by atoms with Gasteiger partial charge in [0.25, 0.3) is 0 Å². The van der Waals surface area contributed by atoms with Gasteiger partial charge < -0.3 is 0 Å². The standard InChI is InChI=1S/C15H21F3/c1-13(2,3)12-9-7-6-8-11(12)10-14(4,5)15(16,17)18/h6-9H,10H2,1-5H3. The van der Waals surface area contributed by atoms with Crippen LogP contribution in [-0.2, 0) is 11.8 Å². The van der Waals surface area contributed by atoms with Crippen molar-refractivity contribution in [2.75, 3.05) is 0 Å². The molecule has 0 radical (unpaired) electrons. The lowest BCUT2D eigenvalue weighted by Crippen LogP contribution is -2.34. The topological polar surface area (TPSA) is 0 Å². The largest absolute Gasteiger partial charge is 0.394 e. The Kier molecular flexibility index (Phi) is 3.85. The molecule has 1 rings (SSSR count). The quantitative estimate of drug-likeness (QED) is 0.691. The summed E-state index contributed by atoms with van der Waals surface area (Å²) in [5.74, 6) is 0. The summed E-state index contributed by atoms with van der Waals surface area (Å²) >= 11 is 0. The van der Waals surface area contributed by atoms with Crippen LogP contribution in [0.25, 0.3) is 0 Å². The molecule has 0 heterocycles. The van der Waals surface area contributed by atoms with Crippen LogP contribution in [0.1, 0.15) is 45.7 Å². The summed E-state index contributed by atoms with van der Waals surface area (Å²) in [7, 11) is 0. The van der Waals surface area contributed by atoms with Crippen molar-refractivity contribution in [1.29, 1.82) is 0 Å². The molecule has 1 aromatic rings. The van der Waals surface area contributed by atoms with Gasteiger partial charge in [0.1, 0.15) is 0 Å². The number of hydrogen-bond acceptors (Lipinski definition) is 0. The number of hydrogen-bond donors (Lipinski definition) is 0. The van der Waals surface area contributed by atoms with Crippen LogP contribution in [0.3, 0.4) is 0 Å². The molecule has 0 saturated heterocycles. The Morgan fingerprint density at radius 2 is 1.39 bits per heavy atom. The lowest BCUT2D eigenvalue weighted by molar-refractivity contribution is -0.211. The number of halogens is 3. The van der Waals surface area contributed by atoms with Crippen molar-refractivity contribution in [1.82, 2.24) is 0 Å². The highest BCUT2D eigenvalue weighted by Crippen LogP contribution is 2.41. The Labute approximate surface area is 107 Å².